The quantitative estimate of drug-likeness (QED) is 0.634. The van der Waals surface area contributed by atoms with Crippen LogP contribution >= 0.6 is 0 Å². The molecule has 0 aromatic carbocycles. The van der Waals surface area contributed by atoms with Gasteiger partial charge < -0.3 is 10.8 Å². The van der Waals surface area contributed by atoms with Crippen LogP contribution in [0.25, 0.3) is 0 Å². The van der Waals surface area contributed by atoms with Gasteiger partial charge in [0, 0.05) is 0 Å². The minimum atomic E-state index is -0.131. The highest BCUT2D eigenvalue weighted by molar-refractivity contribution is 4.72. The third-order valence-corrected chi connectivity index (χ3v) is 2.91. The highest BCUT2D eigenvalue weighted by atomic mass is 16.3. The summed E-state index contributed by atoms with van der Waals surface area (Å²) >= 11 is 0. The standard InChI is InChI=1S/C10H21NO/c11-8-7-10(12)9-5-3-1-2-4-6-9/h9-10,12H,1-8,11H2/t10-/m0/s1. The molecule has 1 fully saturated rings. The van der Waals surface area contributed by atoms with Crippen LogP contribution in [0.3, 0.4) is 0 Å². The normalized spacial score (nSPS) is 23.5. The third-order valence-electron chi connectivity index (χ3n) is 2.91. The van der Waals surface area contributed by atoms with Crippen LogP contribution in [0.4, 0.5) is 0 Å². The molecule has 0 aliphatic heterocycles. The largest absolute Gasteiger partial charge is 0.393 e. The molecule has 0 unspecified atom stereocenters. The molecule has 1 atom stereocenters. The lowest BCUT2D eigenvalue weighted by Crippen LogP contribution is -2.23. The molecule has 1 aliphatic carbocycles. The average molecular weight is 171 g/mol. The van der Waals surface area contributed by atoms with E-state index in [1.165, 1.54) is 38.5 Å². The highest BCUT2D eigenvalue weighted by Crippen LogP contribution is 2.26. The van der Waals surface area contributed by atoms with Crippen molar-refractivity contribution in [3.63, 3.8) is 0 Å². The van der Waals surface area contributed by atoms with Crippen LogP contribution in [-0.4, -0.2) is 17.8 Å². The second kappa shape index (κ2) is 5.55. The predicted molar refractivity (Wildman–Crippen MR) is 50.9 cm³/mol. The summed E-state index contributed by atoms with van der Waals surface area (Å²) in [6.07, 6.45) is 8.37. The maximum absolute atomic E-state index is 9.72. The van der Waals surface area contributed by atoms with Gasteiger partial charge in [-0.15, -0.1) is 0 Å². The van der Waals surface area contributed by atoms with Crippen LogP contribution < -0.4 is 5.73 Å². The molecule has 0 aromatic rings. The van der Waals surface area contributed by atoms with Crippen LogP contribution in [0, 0.1) is 5.92 Å². The molecule has 0 amide bonds. The third kappa shape index (κ3) is 3.11. The van der Waals surface area contributed by atoms with Gasteiger partial charge in [0.1, 0.15) is 0 Å². The Morgan fingerprint density at radius 2 is 1.75 bits per heavy atom. The molecule has 0 bridgehead atoms. The predicted octanol–water partition coefficient (Wildman–Crippen LogP) is 1.67. The van der Waals surface area contributed by atoms with E-state index in [4.69, 9.17) is 5.73 Å². The van der Waals surface area contributed by atoms with E-state index >= 15 is 0 Å². The molecular formula is C10H21NO. The molecule has 0 spiro atoms. The van der Waals surface area contributed by atoms with Gasteiger partial charge >= 0.3 is 0 Å². The number of hydrogen-bond acceptors (Lipinski definition) is 2. The van der Waals surface area contributed by atoms with E-state index < -0.39 is 0 Å². The Kier molecular flexibility index (Phi) is 4.62. The fourth-order valence-corrected chi connectivity index (χ4v) is 2.10. The van der Waals surface area contributed by atoms with Gasteiger partial charge in [-0.1, -0.05) is 25.7 Å². The van der Waals surface area contributed by atoms with Crippen molar-refractivity contribution in [1.29, 1.82) is 0 Å². The number of aliphatic hydroxyl groups excluding tert-OH is 1. The Labute approximate surface area is 75.2 Å². The Balaban J connectivity index is 2.27. The van der Waals surface area contributed by atoms with Crippen LogP contribution in [0.5, 0.6) is 0 Å². The first-order valence-corrected chi connectivity index (χ1v) is 5.22. The van der Waals surface area contributed by atoms with Gasteiger partial charge in [-0.25, -0.2) is 0 Å². The second-order valence-corrected chi connectivity index (χ2v) is 3.90. The average Bonchev–Trinajstić information content (AvgIpc) is 2.32. The Bertz CT molecular complexity index is 108. The first kappa shape index (κ1) is 10.0. The van der Waals surface area contributed by atoms with Gasteiger partial charge in [0.2, 0.25) is 0 Å². The van der Waals surface area contributed by atoms with Gasteiger partial charge in [-0.05, 0) is 31.7 Å². The fourth-order valence-electron chi connectivity index (χ4n) is 2.10. The maximum Gasteiger partial charge on any atom is 0.0580 e. The molecule has 1 aliphatic rings. The van der Waals surface area contributed by atoms with E-state index in [-0.39, 0.29) is 6.10 Å². The summed E-state index contributed by atoms with van der Waals surface area (Å²) < 4.78 is 0. The molecule has 1 saturated carbocycles. The van der Waals surface area contributed by atoms with Crippen LogP contribution in [0.1, 0.15) is 44.9 Å². The first-order chi connectivity index (χ1) is 5.84. The van der Waals surface area contributed by atoms with E-state index in [9.17, 15) is 5.11 Å². The first-order valence-electron chi connectivity index (χ1n) is 5.22. The van der Waals surface area contributed by atoms with Crippen molar-refractivity contribution >= 4 is 0 Å². The van der Waals surface area contributed by atoms with Gasteiger partial charge in [0.05, 0.1) is 6.10 Å². The lowest BCUT2D eigenvalue weighted by molar-refractivity contribution is 0.0924. The van der Waals surface area contributed by atoms with Crippen molar-refractivity contribution < 1.29 is 5.11 Å². The highest BCUT2D eigenvalue weighted by Gasteiger charge is 2.19. The van der Waals surface area contributed by atoms with Gasteiger partial charge in [0.15, 0.2) is 0 Å². The minimum Gasteiger partial charge on any atom is -0.393 e. The monoisotopic (exact) mass is 171 g/mol. The van der Waals surface area contributed by atoms with Crippen molar-refractivity contribution in [2.24, 2.45) is 11.7 Å². The topological polar surface area (TPSA) is 46.2 Å². The fraction of sp³-hybridized carbons (Fsp3) is 1.00. The van der Waals surface area contributed by atoms with Crippen molar-refractivity contribution in [3.05, 3.63) is 0 Å². The zero-order valence-electron chi connectivity index (χ0n) is 7.84. The SMILES string of the molecule is NCC[C@H](O)C1CCCCCC1. The van der Waals surface area contributed by atoms with Crippen LogP contribution in [0.2, 0.25) is 0 Å². The molecule has 0 heterocycles. The van der Waals surface area contributed by atoms with Gasteiger partial charge in [-0.3, -0.25) is 0 Å². The van der Waals surface area contributed by atoms with Crippen molar-refractivity contribution in [2.45, 2.75) is 51.0 Å². The van der Waals surface area contributed by atoms with E-state index in [2.05, 4.69) is 0 Å². The van der Waals surface area contributed by atoms with Crippen molar-refractivity contribution in [2.75, 3.05) is 6.54 Å². The summed E-state index contributed by atoms with van der Waals surface area (Å²) in [5, 5.41) is 9.72. The van der Waals surface area contributed by atoms with Gasteiger partial charge in [0.25, 0.3) is 0 Å². The van der Waals surface area contributed by atoms with Crippen LogP contribution in [0.15, 0.2) is 0 Å². The van der Waals surface area contributed by atoms with E-state index in [1.54, 1.807) is 0 Å². The number of aliphatic hydroxyl groups is 1. The molecule has 0 radical (unpaired) electrons. The molecule has 12 heavy (non-hydrogen) atoms. The molecular weight excluding hydrogens is 150 g/mol. The Morgan fingerprint density at radius 1 is 1.17 bits per heavy atom. The lowest BCUT2D eigenvalue weighted by Gasteiger charge is -2.20. The van der Waals surface area contributed by atoms with E-state index in [0.29, 0.717) is 12.5 Å². The van der Waals surface area contributed by atoms with Crippen LogP contribution in [-0.2, 0) is 0 Å². The molecule has 1 rings (SSSR count). The molecule has 0 saturated heterocycles. The molecule has 2 heteroatoms. The summed E-state index contributed by atoms with van der Waals surface area (Å²) in [6, 6.07) is 0. The lowest BCUT2D eigenvalue weighted by atomic mass is 9.92. The zero-order chi connectivity index (χ0) is 8.81. The Morgan fingerprint density at radius 3 is 2.25 bits per heavy atom. The summed E-state index contributed by atoms with van der Waals surface area (Å²) in [6.45, 7) is 0.623. The summed E-state index contributed by atoms with van der Waals surface area (Å²) in [4.78, 5) is 0. The van der Waals surface area contributed by atoms with Gasteiger partial charge in [-0.2, -0.15) is 0 Å². The number of hydrogen-bond donors (Lipinski definition) is 2. The smallest absolute Gasteiger partial charge is 0.0580 e. The minimum absolute atomic E-state index is 0.131. The van der Waals surface area contributed by atoms with Crippen molar-refractivity contribution in [1.82, 2.24) is 0 Å². The molecule has 72 valence electrons. The number of nitrogens with two attached hydrogens (primary N) is 1. The second-order valence-electron chi connectivity index (χ2n) is 3.90. The summed E-state index contributed by atoms with van der Waals surface area (Å²) in [5.74, 6) is 0.538. The molecule has 2 nitrogen and oxygen atoms in total. The Hall–Kier alpha value is -0.0800. The molecule has 0 aromatic heterocycles. The maximum atomic E-state index is 9.72. The van der Waals surface area contributed by atoms with E-state index in [0.717, 1.165) is 6.42 Å². The summed E-state index contributed by atoms with van der Waals surface area (Å²) in [5.41, 5.74) is 5.42. The summed E-state index contributed by atoms with van der Waals surface area (Å²) in [7, 11) is 0. The zero-order valence-corrected chi connectivity index (χ0v) is 7.84. The van der Waals surface area contributed by atoms with E-state index in [1.807, 2.05) is 0 Å². The number of rotatable bonds is 3. The molecule has 3 N–H and O–H groups in total. The van der Waals surface area contributed by atoms with Crippen molar-refractivity contribution in [3.8, 4) is 0 Å².